The molecular formula is C11H19NO4. The van der Waals surface area contributed by atoms with E-state index in [1.807, 2.05) is 6.92 Å². The number of nitrogens with one attached hydrogen (secondary N) is 1. The van der Waals surface area contributed by atoms with Crippen LogP contribution in [-0.2, 0) is 14.3 Å². The average molecular weight is 229 g/mol. The third-order valence-corrected chi connectivity index (χ3v) is 2.15. The number of hydrogen-bond acceptors (Lipinski definition) is 4. The van der Waals surface area contributed by atoms with Crippen molar-refractivity contribution in [2.24, 2.45) is 0 Å². The molecule has 1 N–H and O–H groups in total. The molecule has 1 amide bonds. The van der Waals surface area contributed by atoms with Crippen LogP contribution in [0, 0.1) is 0 Å². The van der Waals surface area contributed by atoms with Crippen molar-refractivity contribution >= 4 is 12.1 Å². The first-order valence-electron chi connectivity index (χ1n) is 5.48. The second kappa shape index (κ2) is 4.72. The van der Waals surface area contributed by atoms with Gasteiger partial charge < -0.3 is 14.8 Å². The molecule has 1 aliphatic rings. The Hall–Kier alpha value is -1.26. The molecule has 5 nitrogen and oxygen atoms in total. The molecule has 0 aromatic rings. The lowest BCUT2D eigenvalue weighted by Gasteiger charge is -2.27. The quantitative estimate of drug-likeness (QED) is 0.694. The lowest BCUT2D eigenvalue weighted by atomic mass is 10.1. The predicted octanol–water partition coefficient (Wildman–Crippen LogP) is 1.61. The van der Waals surface area contributed by atoms with E-state index in [2.05, 4.69) is 5.32 Å². The zero-order valence-corrected chi connectivity index (χ0v) is 10.2. The normalized spacial score (nSPS) is 25.9. The highest BCUT2D eigenvalue weighted by molar-refractivity contribution is 5.82. The number of esters is 1. The SMILES string of the molecule is CC1CC[C@H](NC(=O)OC(C)(C)C)C(=O)O1. The molecule has 92 valence electrons. The van der Waals surface area contributed by atoms with Gasteiger partial charge in [-0.15, -0.1) is 0 Å². The van der Waals surface area contributed by atoms with Crippen molar-refractivity contribution in [3.05, 3.63) is 0 Å². The Balaban J connectivity index is 2.43. The van der Waals surface area contributed by atoms with Gasteiger partial charge in [0.05, 0.1) is 6.10 Å². The Labute approximate surface area is 95.5 Å². The highest BCUT2D eigenvalue weighted by Crippen LogP contribution is 2.15. The number of carbonyl (C=O) groups excluding carboxylic acids is 2. The summed E-state index contributed by atoms with van der Waals surface area (Å²) in [6.07, 6.45) is 0.707. The van der Waals surface area contributed by atoms with E-state index in [1.54, 1.807) is 20.8 Å². The number of cyclic esters (lactones) is 1. The van der Waals surface area contributed by atoms with Crippen LogP contribution in [0.1, 0.15) is 40.5 Å². The van der Waals surface area contributed by atoms with Gasteiger partial charge in [-0.05, 0) is 40.5 Å². The molecule has 0 aliphatic carbocycles. The molecule has 16 heavy (non-hydrogen) atoms. The predicted molar refractivity (Wildman–Crippen MR) is 57.9 cm³/mol. The van der Waals surface area contributed by atoms with Gasteiger partial charge in [-0.2, -0.15) is 0 Å². The molecule has 2 atom stereocenters. The molecule has 1 fully saturated rings. The molecule has 0 spiro atoms. The second-order valence-electron chi connectivity index (χ2n) is 5.02. The molecule has 0 aromatic carbocycles. The fourth-order valence-electron chi connectivity index (χ4n) is 1.44. The van der Waals surface area contributed by atoms with Gasteiger partial charge in [0.15, 0.2) is 0 Å². The van der Waals surface area contributed by atoms with Crippen molar-refractivity contribution in [3.8, 4) is 0 Å². The van der Waals surface area contributed by atoms with E-state index >= 15 is 0 Å². The smallest absolute Gasteiger partial charge is 0.408 e. The van der Waals surface area contributed by atoms with Crippen LogP contribution in [0.25, 0.3) is 0 Å². The number of carbonyl (C=O) groups is 2. The summed E-state index contributed by atoms with van der Waals surface area (Å²) in [7, 11) is 0. The molecule has 5 heteroatoms. The van der Waals surface area contributed by atoms with E-state index in [-0.39, 0.29) is 12.1 Å². The Morgan fingerprint density at radius 3 is 2.56 bits per heavy atom. The highest BCUT2D eigenvalue weighted by atomic mass is 16.6. The summed E-state index contributed by atoms with van der Waals surface area (Å²) in [6, 6.07) is -0.578. The van der Waals surface area contributed by atoms with E-state index in [1.165, 1.54) is 0 Å². The van der Waals surface area contributed by atoms with Crippen LogP contribution in [0.15, 0.2) is 0 Å². The molecule has 0 aromatic heterocycles. The van der Waals surface area contributed by atoms with Crippen LogP contribution >= 0.6 is 0 Å². The zero-order chi connectivity index (χ0) is 12.3. The molecule has 1 aliphatic heterocycles. The van der Waals surface area contributed by atoms with Crippen LogP contribution < -0.4 is 5.32 Å². The Kier molecular flexibility index (Phi) is 3.78. The third kappa shape index (κ3) is 4.08. The molecule has 0 saturated carbocycles. The molecular weight excluding hydrogens is 210 g/mol. The standard InChI is InChI=1S/C11H19NO4/c1-7-5-6-8(9(13)15-7)12-10(14)16-11(2,3)4/h7-8H,5-6H2,1-4H3,(H,12,14)/t7?,8-/m0/s1. The first kappa shape index (κ1) is 12.8. The molecule has 1 rings (SSSR count). The van der Waals surface area contributed by atoms with Crippen molar-refractivity contribution in [2.45, 2.75) is 58.3 Å². The maximum absolute atomic E-state index is 11.4. The molecule has 0 bridgehead atoms. The van der Waals surface area contributed by atoms with E-state index in [9.17, 15) is 9.59 Å². The maximum atomic E-state index is 11.4. The Morgan fingerprint density at radius 1 is 1.44 bits per heavy atom. The van der Waals surface area contributed by atoms with E-state index < -0.39 is 17.7 Å². The number of alkyl carbamates (subject to hydrolysis) is 1. The fraction of sp³-hybridized carbons (Fsp3) is 0.818. The van der Waals surface area contributed by atoms with E-state index in [4.69, 9.17) is 9.47 Å². The van der Waals surface area contributed by atoms with Crippen molar-refractivity contribution in [1.82, 2.24) is 5.32 Å². The summed E-state index contributed by atoms with van der Waals surface area (Å²) in [6.45, 7) is 7.15. The van der Waals surface area contributed by atoms with Crippen molar-refractivity contribution < 1.29 is 19.1 Å². The molecule has 1 heterocycles. The summed E-state index contributed by atoms with van der Waals surface area (Å²) < 4.78 is 10.1. The summed E-state index contributed by atoms with van der Waals surface area (Å²) in [5.74, 6) is -0.385. The summed E-state index contributed by atoms with van der Waals surface area (Å²) >= 11 is 0. The first-order valence-corrected chi connectivity index (χ1v) is 5.48. The largest absolute Gasteiger partial charge is 0.461 e. The Bertz CT molecular complexity index is 282. The van der Waals surface area contributed by atoms with Crippen LogP contribution in [0.3, 0.4) is 0 Å². The minimum Gasteiger partial charge on any atom is -0.461 e. The third-order valence-electron chi connectivity index (χ3n) is 2.15. The van der Waals surface area contributed by atoms with Crippen LogP contribution in [0.2, 0.25) is 0 Å². The summed E-state index contributed by atoms with van der Waals surface area (Å²) in [5, 5.41) is 2.51. The van der Waals surface area contributed by atoms with Crippen molar-refractivity contribution in [2.75, 3.05) is 0 Å². The molecule has 0 radical (unpaired) electrons. The highest BCUT2D eigenvalue weighted by Gasteiger charge is 2.30. The number of ether oxygens (including phenoxy) is 2. The first-order chi connectivity index (χ1) is 7.28. The van der Waals surface area contributed by atoms with Gasteiger partial charge in [-0.3, -0.25) is 0 Å². The Morgan fingerprint density at radius 2 is 2.06 bits per heavy atom. The van der Waals surface area contributed by atoms with Gasteiger partial charge in [-0.1, -0.05) is 0 Å². The van der Waals surface area contributed by atoms with Gasteiger partial charge in [0.2, 0.25) is 0 Å². The zero-order valence-electron chi connectivity index (χ0n) is 10.2. The van der Waals surface area contributed by atoms with E-state index in [0.29, 0.717) is 6.42 Å². The molecule has 1 unspecified atom stereocenters. The minimum absolute atomic E-state index is 0.0656. The summed E-state index contributed by atoms with van der Waals surface area (Å²) in [5.41, 5.74) is -0.560. The fourth-order valence-corrected chi connectivity index (χ4v) is 1.44. The van der Waals surface area contributed by atoms with E-state index in [0.717, 1.165) is 6.42 Å². The van der Waals surface area contributed by atoms with Gasteiger partial charge in [0.1, 0.15) is 11.6 Å². The lowest BCUT2D eigenvalue weighted by Crippen LogP contribution is -2.47. The van der Waals surface area contributed by atoms with Gasteiger partial charge in [-0.25, -0.2) is 9.59 Å². The van der Waals surface area contributed by atoms with Gasteiger partial charge in [0, 0.05) is 0 Å². The van der Waals surface area contributed by atoms with Crippen LogP contribution in [0.5, 0.6) is 0 Å². The lowest BCUT2D eigenvalue weighted by molar-refractivity contribution is -0.155. The van der Waals surface area contributed by atoms with Crippen molar-refractivity contribution in [1.29, 1.82) is 0 Å². The second-order valence-corrected chi connectivity index (χ2v) is 5.02. The average Bonchev–Trinajstić information content (AvgIpc) is 2.06. The van der Waals surface area contributed by atoms with Crippen LogP contribution in [0.4, 0.5) is 4.79 Å². The van der Waals surface area contributed by atoms with Crippen molar-refractivity contribution in [3.63, 3.8) is 0 Å². The van der Waals surface area contributed by atoms with Crippen LogP contribution in [-0.4, -0.2) is 29.8 Å². The number of rotatable bonds is 1. The monoisotopic (exact) mass is 229 g/mol. The number of hydrogen-bond donors (Lipinski definition) is 1. The maximum Gasteiger partial charge on any atom is 0.408 e. The molecule has 1 saturated heterocycles. The minimum atomic E-state index is -0.580. The number of amides is 1. The van der Waals surface area contributed by atoms with Gasteiger partial charge >= 0.3 is 12.1 Å². The topological polar surface area (TPSA) is 64.6 Å². The summed E-state index contributed by atoms with van der Waals surface area (Å²) in [4.78, 5) is 22.8. The van der Waals surface area contributed by atoms with Gasteiger partial charge in [0.25, 0.3) is 0 Å².